The van der Waals surface area contributed by atoms with Crippen LogP contribution in [-0.2, 0) is 19.1 Å². The van der Waals surface area contributed by atoms with Gasteiger partial charge in [0, 0.05) is 19.0 Å². The molecule has 0 bridgehead atoms. The number of carbonyl (C=O) groups excluding carboxylic acids is 2. The molecular formula is C26H18F5N5O5. The molecule has 0 unspecified atom stereocenters. The van der Waals surface area contributed by atoms with Crippen molar-refractivity contribution >= 4 is 23.4 Å². The quantitative estimate of drug-likeness (QED) is 0.259. The predicted octanol–water partition coefficient (Wildman–Crippen LogP) is 3.04. The Morgan fingerprint density at radius 1 is 1.02 bits per heavy atom. The fraction of sp³-hybridized carbons (Fsp3) is 0.192. The van der Waals surface area contributed by atoms with Crippen LogP contribution < -0.4 is 10.6 Å². The van der Waals surface area contributed by atoms with Crippen molar-refractivity contribution < 1.29 is 46.5 Å². The fourth-order valence-electron chi connectivity index (χ4n) is 4.55. The number of aliphatic hydroxyl groups is 1. The van der Waals surface area contributed by atoms with Gasteiger partial charge in [-0.05, 0) is 41.0 Å². The van der Waals surface area contributed by atoms with Crippen molar-refractivity contribution in [3.05, 3.63) is 99.5 Å². The lowest BCUT2D eigenvalue weighted by Gasteiger charge is -2.18. The molecular weight excluding hydrogens is 557 g/mol. The molecule has 4 aromatic rings. The van der Waals surface area contributed by atoms with Gasteiger partial charge in [-0.25, -0.2) is 23.1 Å². The van der Waals surface area contributed by atoms with E-state index >= 15 is 0 Å². The lowest BCUT2D eigenvalue weighted by Crippen LogP contribution is -2.35. The summed E-state index contributed by atoms with van der Waals surface area (Å²) in [5.41, 5.74) is -1.96. The number of carbonyl (C=O) groups is 3. The van der Waals surface area contributed by atoms with Crippen molar-refractivity contribution in [2.75, 3.05) is 0 Å². The second-order valence-corrected chi connectivity index (χ2v) is 9.19. The van der Waals surface area contributed by atoms with Crippen LogP contribution in [0.25, 0.3) is 5.65 Å². The van der Waals surface area contributed by atoms with Gasteiger partial charge in [-0.1, -0.05) is 12.1 Å². The molecule has 4 N–H and O–H groups in total. The molecule has 5 rings (SSSR count). The number of aromatic carboxylic acids is 1. The Kier molecular flexibility index (Phi) is 6.90. The number of aromatic nitrogens is 3. The molecule has 212 valence electrons. The number of alkyl halides is 3. The summed E-state index contributed by atoms with van der Waals surface area (Å²) in [6.07, 6.45) is -5.27. The van der Waals surface area contributed by atoms with E-state index in [1.165, 1.54) is 18.2 Å². The van der Waals surface area contributed by atoms with Crippen molar-refractivity contribution in [2.45, 2.75) is 31.3 Å². The Bertz CT molecular complexity index is 1720. The summed E-state index contributed by atoms with van der Waals surface area (Å²) in [6, 6.07) is 6.33. The number of hydrogen-bond donors (Lipinski definition) is 4. The van der Waals surface area contributed by atoms with Crippen LogP contribution in [0, 0.1) is 11.6 Å². The maximum Gasteiger partial charge on any atom is 0.419 e. The predicted molar refractivity (Wildman–Crippen MR) is 129 cm³/mol. The summed E-state index contributed by atoms with van der Waals surface area (Å²) >= 11 is 0. The van der Waals surface area contributed by atoms with Crippen LogP contribution in [0.1, 0.15) is 59.6 Å². The monoisotopic (exact) mass is 575 g/mol. The van der Waals surface area contributed by atoms with Crippen LogP contribution in [0.2, 0.25) is 0 Å². The highest BCUT2D eigenvalue weighted by atomic mass is 19.4. The van der Waals surface area contributed by atoms with E-state index in [-0.39, 0.29) is 23.2 Å². The van der Waals surface area contributed by atoms with Crippen molar-refractivity contribution in [3.63, 3.8) is 0 Å². The maximum absolute atomic E-state index is 14.4. The second-order valence-electron chi connectivity index (χ2n) is 9.19. The number of nitrogens with zero attached hydrogens (tertiary/aromatic N) is 3. The van der Waals surface area contributed by atoms with Gasteiger partial charge in [0.15, 0.2) is 11.5 Å². The van der Waals surface area contributed by atoms with Gasteiger partial charge in [-0.3, -0.25) is 9.59 Å². The average Bonchev–Trinajstić information content (AvgIpc) is 3.44. The molecule has 0 fully saturated rings. The van der Waals surface area contributed by atoms with E-state index in [1.54, 1.807) is 0 Å². The molecule has 10 nitrogen and oxygen atoms in total. The van der Waals surface area contributed by atoms with Crippen molar-refractivity contribution in [3.8, 4) is 0 Å². The van der Waals surface area contributed by atoms with Gasteiger partial charge in [-0.15, -0.1) is 0 Å². The minimum Gasteiger partial charge on any atom is -0.478 e. The fourth-order valence-corrected chi connectivity index (χ4v) is 4.55. The van der Waals surface area contributed by atoms with E-state index in [4.69, 9.17) is 0 Å². The first-order valence-corrected chi connectivity index (χ1v) is 11.9. The molecule has 0 aliphatic heterocycles. The molecule has 2 heterocycles. The third kappa shape index (κ3) is 5.30. The number of nitrogens with one attached hydrogen (secondary N) is 2. The highest BCUT2D eigenvalue weighted by Gasteiger charge is 2.35. The van der Waals surface area contributed by atoms with Gasteiger partial charge in [0.1, 0.15) is 17.2 Å². The average molecular weight is 575 g/mol. The van der Waals surface area contributed by atoms with E-state index in [0.29, 0.717) is 23.3 Å². The largest absolute Gasteiger partial charge is 0.478 e. The smallest absolute Gasteiger partial charge is 0.419 e. The first-order chi connectivity index (χ1) is 19.3. The Morgan fingerprint density at radius 2 is 1.78 bits per heavy atom. The summed E-state index contributed by atoms with van der Waals surface area (Å²) in [6.45, 7) is -0.471. The topological polar surface area (TPSA) is 146 Å². The molecule has 2 atom stereocenters. The maximum atomic E-state index is 14.4. The van der Waals surface area contributed by atoms with Crippen LogP contribution in [-0.4, -0.2) is 48.7 Å². The normalized spacial score (nSPS) is 16.4. The van der Waals surface area contributed by atoms with Crippen LogP contribution in [0.3, 0.4) is 0 Å². The Balaban J connectivity index is 1.40. The number of amides is 2. The molecule has 0 saturated carbocycles. The van der Waals surface area contributed by atoms with Gasteiger partial charge in [-0.2, -0.15) is 18.3 Å². The molecule has 2 amide bonds. The second kappa shape index (κ2) is 10.2. The minimum absolute atomic E-state index is 0.00305. The zero-order valence-electron chi connectivity index (χ0n) is 20.5. The van der Waals surface area contributed by atoms with Crippen LogP contribution >= 0.6 is 0 Å². The lowest BCUT2D eigenvalue weighted by atomic mass is 10.0. The van der Waals surface area contributed by atoms with Gasteiger partial charge >= 0.3 is 12.1 Å². The summed E-state index contributed by atoms with van der Waals surface area (Å²) in [5, 5.41) is 28.4. The Labute approximate surface area is 226 Å². The van der Waals surface area contributed by atoms with E-state index in [1.807, 2.05) is 0 Å². The molecule has 1 aliphatic carbocycles. The summed E-state index contributed by atoms with van der Waals surface area (Å²) in [4.78, 5) is 41.2. The van der Waals surface area contributed by atoms with E-state index in [9.17, 15) is 46.5 Å². The molecule has 2 aromatic carbocycles. The molecule has 0 spiro atoms. The number of benzene rings is 2. The number of carboxylic acids is 1. The van der Waals surface area contributed by atoms with Crippen LogP contribution in [0.4, 0.5) is 22.0 Å². The zero-order valence-corrected chi connectivity index (χ0v) is 20.5. The Morgan fingerprint density at radius 3 is 2.49 bits per heavy atom. The number of hydrogen-bond acceptors (Lipinski definition) is 6. The first-order valence-electron chi connectivity index (χ1n) is 11.9. The number of halogens is 5. The van der Waals surface area contributed by atoms with Crippen molar-refractivity contribution in [2.24, 2.45) is 0 Å². The summed E-state index contributed by atoms with van der Waals surface area (Å²) < 4.78 is 67.8. The number of carboxylic acid groups (broad SMARTS) is 1. The van der Waals surface area contributed by atoms with Crippen LogP contribution in [0.5, 0.6) is 0 Å². The SMILES string of the molecule is O=C(O)c1ccc2c(c1)C[C@H](O)[C@@H]2NC(=O)c1cc(C(=O)NCc2ccc(F)c(C(F)(F)F)c2)nc2c(F)cnn12. The number of aliphatic hydroxyl groups excluding tert-OH is 1. The van der Waals surface area contributed by atoms with Gasteiger partial charge < -0.3 is 20.8 Å². The molecule has 2 aromatic heterocycles. The first kappa shape index (κ1) is 27.6. The molecule has 0 saturated heterocycles. The van der Waals surface area contributed by atoms with Gasteiger partial charge in [0.25, 0.3) is 11.8 Å². The number of rotatable bonds is 6. The standard InChI is InChI=1S/C26H18F5N5O5/c27-16-4-1-11(5-15(16)26(29,30)31)9-32-23(38)18-8-19(36-22(34-18)17(28)10-33-36)24(39)35-21-14-3-2-12(25(40)41)6-13(14)7-20(21)37/h1-6,8,10,20-21,37H,7,9H2,(H,32,38)(H,35,39)(H,40,41)/t20-,21+/m0/s1. The van der Waals surface area contributed by atoms with E-state index < -0.39 is 71.2 Å². The number of fused-ring (bicyclic) bond motifs is 2. The van der Waals surface area contributed by atoms with Gasteiger partial charge in [0.05, 0.1) is 29.5 Å². The summed E-state index contributed by atoms with van der Waals surface area (Å²) in [5.74, 6) is -5.49. The highest BCUT2D eigenvalue weighted by molar-refractivity contribution is 5.98. The zero-order chi connectivity index (χ0) is 29.6. The third-order valence-corrected chi connectivity index (χ3v) is 6.51. The van der Waals surface area contributed by atoms with Crippen molar-refractivity contribution in [1.29, 1.82) is 0 Å². The highest BCUT2D eigenvalue weighted by Crippen LogP contribution is 2.33. The molecule has 41 heavy (non-hydrogen) atoms. The third-order valence-electron chi connectivity index (χ3n) is 6.51. The van der Waals surface area contributed by atoms with Gasteiger partial charge in [0.2, 0.25) is 0 Å². The van der Waals surface area contributed by atoms with E-state index in [0.717, 1.165) is 22.8 Å². The molecule has 1 aliphatic rings. The van der Waals surface area contributed by atoms with Crippen LogP contribution in [0.15, 0.2) is 48.7 Å². The van der Waals surface area contributed by atoms with E-state index in [2.05, 4.69) is 20.7 Å². The minimum atomic E-state index is -4.95. The Hall–Kier alpha value is -4.92. The molecule has 0 radical (unpaired) electrons. The summed E-state index contributed by atoms with van der Waals surface area (Å²) in [7, 11) is 0. The lowest BCUT2D eigenvalue weighted by molar-refractivity contribution is -0.140. The molecule has 15 heteroatoms. The van der Waals surface area contributed by atoms with Crippen molar-refractivity contribution in [1.82, 2.24) is 25.2 Å².